The monoisotopic (exact) mass is 356 g/mol. The lowest BCUT2D eigenvalue weighted by Gasteiger charge is -2.43. The minimum atomic E-state index is 0.560. The summed E-state index contributed by atoms with van der Waals surface area (Å²) in [6.07, 6.45) is 12.4. The quantitative estimate of drug-likeness (QED) is 0.714. The third-order valence-electron chi connectivity index (χ3n) is 5.70. The van der Waals surface area contributed by atoms with Crippen molar-refractivity contribution in [2.24, 2.45) is 10.9 Å². The Morgan fingerprint density at radius 2 is 1.90 bits per heavy atom. The third kappa shape index (κ3) is 2.61. The number of aliphatic imine (C=N–C) groups is 1. The Balaban J connectivity index is 1.44. The van der Waals surface area contributed by atoms with Crippen molar-refractivity contribution in [2.45, 2.75) is 86.0 Å². The van der Waals surface area contributed by atoms with Gasteiger partial charge in [0, 0.05) is 16.1 Å². The Kier molecular flexibility index (Phi) is 4.17. The topological polar surface area (TPSA) is 24.4 Å². The van der Waals surface area contributed by atoms with E-state index in [1.54, 1.807) is 0 Å². The molecule has 4 heteroatoms. The van der Waals surface area contributed by atoms with Gasteiger partial charge < -0.3 is 5.32 Å². The van der Waals surface area contributed by atoms with Crippen LogP contribution in [0.25, 0.3) is 0 Å². The highest BCUT2D eigenvalue weighted by Crippen LogP contribution is 2.41. The summed E-state index contributed by atoms with van der Waals surface area (Å²) >= 11 is 6.03. The Labute approximate surface area is 135 Å². The molecule has 2 nitrogen and oxygen atoms in total. The zero-order valence-electron chi connectivity index (χ0n) is 12.1. The van der Waals surface area contributed by atoms with E-state index >= 15 is 0 Å². The van der Waals surface area contributed by atoms with Gasteiger partial charge in [-0.15, -0.1) is 11.8 Å². The third-order valence-corrected chi connectivity index (χ3v) is 8.21. The fourth-order valence-corrected chi connectivity index (χ4v) is 6.97. The normalized spacial score (nSPS) is 48.4. The molecule has 1 N–H and O–H groups in total. The van der Waals surface area contributed by atoms with E-state index < -0.39 is 0 Å². The summed E-state index contributed by atoms with van der Waals surface area (Å²) < 4.78 is 0. The highest BCUT2D eigenvalue weighted by molar-refractivity contribution is 9.09. The predicted octanol–water partition coefficient (Wildman–Crippen LogP) is 4.13. The zero-order chi connectivity index (χ0) is 13.5. The molecule has 0 radical (unpaired) electrons. The van der Waals surface area contributed by atoms with Crippen molar-refractivity contribution >= 4 is 32.7 Å². The maximum absolute atomic E-state index is 5.10. The Hall–Kier alpha value is 0.460. The van der Waals surface area contributed by atoms with Gasteiger partial charge in [-0.2, -0.15) is 0 Å². The van der Waals surface area contributed by atoms with Gasteiger partial charge in [0.2, 0.25) is 0 Å². The molecule has 4 aliphatic rings. The van der Waals surface area contributed by atoms with Gasteiger partial charge in [0.25, 0.3) is 0 Å². The summed E-state index contributed by atoms with van der Waals surface area (Å²) in [7, 11) is 0. The lowest BCUT2D eigenvalue weighted by molar-refractivity contribution is 0.206. The predicted molar refractivity (Wildman–Crippen MR) is 91.1 cm³/mol. The molecule has 0 amide bonds. The van der Waals surface area contributed by atoms with E-state index in [1.807, 2.05) is 0 Å². The number of alkyl halides is 1. The van der Waals surface area contributed by atoms with Crippen LogP contribution in [0.3, 0.4) is 0 Å². The van der Waals surface area contributed by atoms with Crippen molar-refractivity contribution in [3.05, 3.63) is 0 Å². The number of fused-ring (bicyclic) bond motifs is 2. The summed E-state index contributed by atoms with van der Waals surface area (Å²) in [6, 6.07) is 1.90. The van der Waals surface area contributed by atoms with Crippen LogP contribution in [0.1, 0.15) is 57.8 Å². The van der Waals surface area contributed by atoms with Crippen molar-refractivity contribution in [3.8, 4) is 0 Å². The molecule has 0 aromatic heterocycles. The van der Waals surface area contributed by atoms with Crippen LogP contribution in [-0.4, -0.2) is 33.2 Å². The zero-order valence-corrected chi connectivity index (χ0v) is 14.5. The lowest BCUT2D eigenvalue weighted by atomic mass is 9.78. The van der Waals surface area contributed by atoms with Crippen LogP contribution in [0.4, 0.5) is 0 Å². The summed E-state index contributed by atoms with van der Waals surface area (Å²) in [5, 5.41) is 6.22. The molecule has 20 heavy (non-hydrogen) atoms. The molecule has 0 aromatic rings. The fraction of sp³-hybridized carbons (Fsp3) is 0.938. The van der Waals surface area contributed by atoms with Gasteiger partial charge in [0.05, 0.1) is 17.1 Å². The second-order valence-corrected chi connectivity index (χ2v) is 9.44. The number of thioether (sulfide) groups is 1. The van der Waals surface area contributed by atoms with Gasteiger partial charge in [-0.25, -0.2) is 0 Å². The molecular formula is C16H25BrN2S. The van der Waals surface area contributed by atoms with Gasteiger partial charge in [-0.3, -0.25) is 4.99 Å². The summed E-state index contributed by atoms with van der Waals surface area (Å²) in [4.78, 5) is 5.78. The van der Waals surface area contributed by atoms with E-state index in [4.69, 9.17) is 4.99 Å². The lowest BCUT2D eigenvalue weighted by Crippen LogP contribution is -2.55. The molecule has 0 bridgehead atoms. The molecule has 0 spiro atoms. The number of hydrogen-bond acceptors (Lipinski definition) is 3. The van der Waals surface area contributed by atoms with E-state index in [0.29, 0.717) is 23.0 Å². The number of nitrogens with zero attached hydrogens (tertiary/aromatic N) is 1. The first-order valence-electron chi connectivity index (χ1n) is 8.46. The molecule has 3 fully saturated rings. The summed E-state index contributed by atoms with van der Waals surface area (Å²) in [5.41, 5.74) is 0. The van der Waals surface area contributed by atoms with Crippen LogP contribution >= 0.6 is 27.7 Å². The van der Waals surface area contributed by atoms with E-state index in [9.17, 15) is 0 Å². The molecule has 0 aromatic carbocycles. The van der Waals surface area contributed by atoms with E-state index in [1.165, 1.54) is 62.8 Å². The minimum absolute atomic E-state index is 0.560. The second-order valence-electron chi connectivity index (χ2n) is 7.00. The highest BCUT2D eigenvalue weighted by atomic mass is 79.9. The van der Waals surface area contributed by atoms with Gasteiger partial charge in [-0.1, -0.05) is 35.2 Å². The molecule has 2 aliphatic heterocycles. The first-order valence-corrected chi connectivity index (χ1v) is 10.3. The number of rotatable bonds is 1. The smallest absolute Gasteiger partial charge is 0.0853 e. The Bertz CT molecular complexity index is 400. The van der Waals surface area contributed by atoms with Crippen LogP contribution in [-0.2, 0) is 0 Å². The van der Waals surface area contributed by atoms with E-state index in [2.05, 4.69) is 33.0 Å². The van der Waals surface area contributed by atoms with Crippen LogP contribution < -0.4 is 5.32 Å². The molecule has 6 atom stereocenters. The van der Waals surface area contributed by atoms with Crippen LogP contribution in [0, 0.1) is 5.92 Å². The average molecular weight is 357 g/mol. The van der Waals surface area contributed by atoms with Gasteiger partial charge >= 0.3 is 0 Å². The molecule has 4 rings (SSSR count). The number of piperidine rings is 1. The first kappa shape index (κ1) is 14.1. The molecule has 1 saturated heterocycles. The number of hydrogen-bond donors (Lipinski definition) is 1. The van der Waals surface area contributed by atoms with Gasteiger partial charge in [0.1, 0.15) is 0 Å². The first-order chi connectivity index (χ1) is 9.81. The van der Waals surface area contributed by atoms with Crippen LogP contribution in [0.2, 0.25) is 0 Å². The maximum atomic E-state index is 5.10. The average Bonchev–Trinajstić information content (AvgIpc) is 2.91. The molecule has 2 aliphatic carbocycles. The van der Waals surface area contributed by atoms with E-state index in [-0.39, 0.29) is 0 Å². The van der Waals surface area contributed by atoms with Crippen molar-refractivity contribution < 1.29 is 0 Å². The maximum Gasteiger partial charge on any atom is 0.0853 e. The van der Waals surface area contributed by atoms with Crippen LogP contribution in [0.5, 0.6) is 0 Å². The van der Waals surface area contributed by atoms with E-state index in [0.717, 1.165) is 11.2 Å². The van der Waals surface area contributed by atoms with Crippen molar-refractivity contribution in [3.63, 3.8) is 0 Å². The standard InChI is InChI=1S/C16H25BrN2S/c17-11-5-3-4-10-8-9-13(18-15(10)11)16-19-12-6-1-2-7-14(12)20-16/h10-15,18H,1-9H2. The summed E-state index contributed by atoms with van der Waals surface area (Å²) in [6.45, 7) is 0. The Morgan fingerprint density at radius 1 is 1.00 bits per heavy atom. The number of halogens is 1. The highest BCUT2D eigenvalue weighted by Gasteiger charge is 2.41. The van der Waals surface area contributed by atoms with Crippen molar-refractivity contribution in [2.75, 3.05) is 0 Å². The van der Waals surface area contributed by atoms with Gasteiger partial charge in [0.15, 0.2) is 0 Å². The summed E-state index contributed by atoms with van der Waals surface area (Å²) in [5.74, 6) is 0.902. The molecule has 2 heterocycles. The minimum Gasteiger partial charge on any atom is -0.304 e. The molecule has 6 unspecified atom stereocenters. The largest absolute Gasteiger partial charge is 0.304 e. The molecular weight excluding hydrogens is 332 g/mol. The van der Waals surface area contributed by atoms with Crippen molar-refractivity contribution in [1.82, 2.24) is 5.32 Å². The number of nitrogens with one attached hydrogen (secondary N) is 1. The SMILES string of the molecule is BrC1CCCC2CCC(C3=NC4CCCCC4S3)NC12. The van der Waals surface area contributed by atoms with Crippen LogP contribution in [0.15, 0.2) is 4.99 Å². The molecule has 2 saturated carbocycles. The van der Waals surface area contributed by atoms with Gasteiger partial charge in [-0.05, 0) is 44.4 Å². The fourth-order valence-electron chi connectivity index (χ4n) is 4.57. The Morgan fingerprint density at radius 3 is 2.80 bits per heavy atom. The molecule has 112 valence electrons. The van der Waals surface area contributed by atoms with Crippen molar-refractivity contribution in [1.29, 1.82) is 0 Å². The second kappa shape index (κ2) is 5.92.